The topological polar surface area (TPSA) is 72.6 Å². The fraction of sp³-hybridized carbons (Fsp3) is 0.125. The minimum atomic E-state index is -0.502. The fourth-order valence-corrected chi connectivity index (χ4v) is 5.29. The predicted octanol–water partition coefficient (Wildman–Crippen LogP) is 5.97. The summed E-state index contributed by atoms with van der Waals surface area (Å²) in [5.41, 5.74) is 6.47. The van der Waals surface area contributed by atoms with Gasteiger partial charge in [-0.05, 0) is 49.7 Å². The molecule has 7 nitrogen and oxygen atoms in total. The zero-order chi connectivity index (χ0) is 26.5. The van der Waals surface area contributed by atoms with Crippen LogP contribution in [0.2, 0.25) is 0 Å². The molecule has 0 bridgehead atoms. The third-order valence-corrected chi connectivity index (χ3v) is 7.15. The highest BCUT2D eigenvalue weighted by Crippen LogP contribution is 2.43. The largest absolute Gasteiger partial charge is 0.467 e. The molecular formula is C32H25N5O2. The molecule has 7 rings (SSSR count). The Balaban J connectivity index is 1.55. The molecule has 0 spiro atoms. The summed E-state index contributed by atoms with van der Waals surface area (Å²) < 4.78 is 8.46. The minimum absolute atomic E-state index is 0.209. The smallest absolute Gasteiger partial charge is 0.281 e. The van der Waals surface area contributed by atoms with Gasteiger partial charge < -0.3 is 4.74 Å². The summed E-state index contributed by atoms with van der Waals surface area (Å²) in [7, 11) is 0. The first kappa shape index (κ1) is 23.1. The number of aryl methyl sites for hydroxylation is 1. The Labute approximate surface area is 225 Å². The molecule has 0 fully saturated rings. The molecule has 2 aliphatic heterocycles. The number of pyridine rings is 1. The number of hydrogen-bond donors (Lipinski definition) is 0. The Morgan fingerprint density at radius 3 is 2.26 bits per heavy atom. The standard InChI is InChI=1S/C32H25N5O2/c1-3-24-28-27(26-19-18-21-12-10-11-17-25(21)33-26)29-30(35-36(31(29)38)22-13-6-4-7-14-22)20(2)39-32(28)37(34-24)23-15-8-5-9-16-23/h4-20H,3H2,1-2H3. The molecule has 0 saturated carbocycles. The Morgan fingerprint density at radius 1 is 0.821 bits per heavy atom. The van der Waals surface area contributed by atoms with Crippen LogP contribution in [0, 0.1) is 0 Å². The fourth-order valence-electron chi connectivity index (χ4n) is 5.29. The Bertz CT molecular complexity index is 1800. The zero-order valence-corrected chi connectivity index (χ0v) is 21.6. The maximum Gasteiger partial charge on any atom is 0.281 e. The molecule has 4 heterocycles. The number of hydrogen-bond acceptors (Lipinski definition) is 5. The van der Waals surface area contributed by atoms with Crippen LogP contribution in [0.1, 0.15) is 30.8 Å². The van der Waals surface area contributed by atoms with Gasteiger partial charge in [-0.25, -0.2) is 9.67 Å². The van der Waals surface area contributed by atoms with E-state index in [0.717, 1.165) is 27.8 Å². The molecule has 190 valence electrons. The van der Waals surface area contributed by atoms with Crippen LogP contribution in [-0.2, 0) is 11.2 Å². The number of ether oxygens (including phenoxy) is 1. The molecule has 0 aliphatic carbocycles. The average Bonchev–Trinajstić information content (AvgIpc) is 3.48. The molecule has 7 heteroatoms. The van der Waals surface area contributed by atoms with Gasteiger partial charge in [-0.1, -0.05) is 67.6 Å². The van der Waals surface area contributed by atoms with Gasteiger partial charge >= 0.3 is 0 Å². The first-order chi connectivity index (χ1) is 19.1. The van der Waals surface area contributed by atoms with Crippen molar-refractivity contribution in [2.24, 2.45) is 5.10 Å². The summed E-state index contributed by atoms with van der Waals surface area (Å²) in [5, 5.41) is 12.3. The quantitative estimate of drug-likeness (QED) is 0.298. The normalized spacial score (nSPS) is 16.6. The van der Waals surface area contributed by atoms with E-state index >= 15 is 0 Å². The number of benzene rings is 3. The number of carbonyl (C=O) groups is 1. The Hall–Kier alpha value is -5.04. The first-order valence-corrected chi connectivity index (χ1v) is 13.1. The molecule has 1 atom stereocenters. The van der Waals surface area contributed by atoms with Gasteiger partial charge in [0.25, 0.3) is 5.91 Å². The molecular weight excluding hydrogens is 486 g/mol. The average molecular weight is 512 g/mol. The molecule has 1 amide bonds. The number of rotatable bonds is 4. The van der Waals surface area contributed by atoms with E-state index in [1.165, 1.54) is 5.01 Å². The van der Waals surface area contributed by atoms with E-state index in [2.05, 4.69) is 6.92 Å². The van der Waals surface area contributed by atoms with Gasteiger partial charge in [-0.2, -0.15) is 15.2 Å². The van der Waals surface area contributed by atoms with Crippen molar-refractivity contribution in [1.82, 2.24) is 14.8 Å². The molecule has 5 aromatic rings. The van der Waals surface area contributed by atoms with Crippen molar-refractivity contribution in [3.05, 3.63) is 120 Å². The molecule has 2 aliphatic rings. The van der Waals surface area contributed by atoms with E-state index in [1.807, 2.05) is 109 Å². The van der Waals surface area contributed by atoms with Gasteiger partial charge in [0.15, 0.2) is 0 Å². The summed E-state index contributed by atoms with van der Waals surface area (Å²) in [5.74, 6) is 0.373. The second kappa shape index (κ2) is 9.06. The Kier molecular flexibility index (Phi) is 5.37. The van der Waals surface area contributed by atoms with E-state index in [-0.39, 0.29) is 5.91 Å². The maximum atomic E-state index is 14.2. The number of fused-ring (bicyclic) bond motifs is 3. The van der Waals surface area contributed by atoms with E-state index in [0.29, 0.717) is 40.5 Å². The number of anilines is 1. The van der Waals surface area contributed by atoms with E-state index in [9.17, 15) is 4.79 Å². The van der Waals surface area contributed by atoms with Crippen LogP contribution < -0.4 is 9.75 Å². The van der Waals surface area contributed by atoms with Crippen molar-refractivity contribution >= 4 is 33.8 Å². The third kappa shape index (κ3) is 3.66. The van der Waals surface area contributed by atoms with Crippen molar-refractivity contribution in [1.29, 1.82) is 0 Å². The van der Waals surface area contributed by atoms with Crippen molar-refractivity contribution in [2.45, 2.75) is 26.4 Å². The van der Waals surface area contributed by atoms with Crippen molar-refractivity contribution in [3.8, 4) is 11.6 Å². The highest BCUT2D eigenvalue weighted by Gasteiger charge is 2.43. The second-order valence-electron chi connectivity index (χ2n) is 9.56. The number of amides is 1. The number of para-hydroxylation sites is 3. The molecule has 0 N–H and O–H groups in total. The lowest BCUT2D eigenvalue weighted by Crippen LogP contribution is -2.26. The molecule has 0 saturated heterocycles. The van der Waals surface area contributed by atoms with E-state index in [4.69, 9.17) is 19.9 Å². The predicted molar refractivity (Wildman–Crippen MR) is 152 cm³/mol. The van der Waals surface area contributed by atoms with Crippen LogP contribution in [0.5, 0.6) is 5.88 Å². The van der Waals surface area contributed by atoms with Crippen LogP contribution in [0.15, 0.2) is 108 Å². The lowest BCUT2D eigenvalue weighted by atomic mass is 9.92. The van der Waals surface area contributed by atoms with Crippen LogP contribution in [0.3, 0.4) is 0 Å². The van der Waals surface area contributed by atoms with Crippen LogP contribution in [0.4, 0.5) is 5.69 Å². The Morgan fingerprint density at radius 2 is 1.51 bits per heavy atom. The highest BCUT2D eigenvalue weighted by atomic mass is 16.5. The van der Waals surface area contributed by atoms with E-state index < -0.39 is 6.10 Å². The van der Waals surface area contributed by atoms with Crippen LogP contribution in [-0.4, -0.2) is 32.5 Å². The maximum absolute atomic E-state index is 14.2. The van der Waals surface area contributed by atoms with Gasteiger partial charge in [0.1, 0.15) is 11.8 Å². The van der Waals surface area contributed by atoms with Crippen molar-refractivity contribution in [3.63, 3.8) is 0 Å². The zero-order valence-electron chi connectivity index (χ0n) is 21.6. The number of aromatic nitrogens is 3. The monoisotopic (exact) mass is 511 g/mol. The molecule has 39 heavy (non-hydrogen) atoms. The molecule has 2 aromatic heterocycles. The van der Waals surface area contributed by atoms with Gasteiger partial charge in [0.05, 0.1) is 39.4 Å². The summed E-state index contributed by atoms with van der Waals surface area (Å²) >= 11 is 0. The second-order valence-corrected chi connectivity index (χ2v) is 9.56. The summed E-state index contributed by atoms with van der Waals surface area (Å²) in [6.07, 6.45) is 0.145. The molecule has 0 radical (unpaired) electrons. The summed E-state index contributed by atoms with van der Waals surface area (Å²) in [4.78, 5) is 19.3. The number of hydrazone groups is 1. The SMILES string of the molecule is CCc1nn(-c2ccccc2)c2c1C(c1ccc3ccccc3n1)=C1C(=O)N(c3ccccc3)N=C1C(C)O2. The molecule has 1 unspecified atom stereocenters. The summed E-state index contributed by atoms with van der Waals surface area (Å²) in [6.45, 7) is 3.99. The third-order valence-electron chi connectivity index (χ3n) is 7.15. The lowest BCUT2D eigenvalue weighted by Gasteiger charge is -2.15. The highest BCUT2D eigenvalue weighted by molar-refractivity contribution is 6.36. The minimum Gasteiger partial charge on any atom is -0.467 e. The van der Waals surface area contributed by atoms with Crippen LogP contribution in [0.25, 0.3) is 22.2 Å². The lowest BCUT2D eigenvalue weighted by molar-refractivity contribution is -0.114. The first-order valence-electron chi connectivity index (χ1n) is 13.1. The van der Waals surface area contributed by atoms with Crippen molar-refractivity contribution < 1.29 is 9.53 Å². The van der Waals surface area contributed by atoms with Crippen LogP contribution >= 0.6 is 0 Å². The van der Waals surface area contributed by atoms with Gasteiger partial charge in [0.2, 0.25) is 5.88 Å². The van der Waals surface area contributed by atoms with Crippen molar-refractivity contribution in [2.75, 3.05) is 5.01 Å². The van der Waals surface area contributed by atoms with E-state index in [1.54, 1.807) is 0 Å². The number of carbonyl (C=O) groups excluding carboxylic acids is 1. The van der Waals surface area contributed by atoms with Gasteiger partial charge in [0, 0.05) is 11.0 Å². The van der Waals surface area contributed by atoms with Gasteiger partial charge in [-0.3, -0.25) is 4.79 Å². The summed E-state index contributed by atoms with van der Waals surface area (Å²) in [6, 6.07) is 31.4. The molecule has 3 aromatic carbocycles. The number of nitrogens with zero attached hydrogens (tertiary/aromatic N) is 5. The van der Waals surface area contributed by atoms with Gasteiger partial charge in [-0.15, -0.1) is 0 Å².